The molecule has 2 rings (SSSR count). The number of amidine groups is 1. The van der Waals surface area contributed by atoms with E-state index in [-0.39, 0.29) is 0 Å². The van der Waals surface area contributed by atoms with Crippen LogP contribution in [0.3, 0.4) is 0 Å². The van der Waals surface area contributed by atoms with E-state index in [0.29, 0.717) is 6.04 Å². The zero-order chi connectivity index (χ0) is 11.4. The molecule has 0 amide bonds. The number of nitrogens with one attached hydrogen (secondary N) is 1. The van der Waals surface area contributed by atoms with Crippen molar-refractivity contribution in [2.75, 3.05) is 5.75 Å². The van der Waals surface area contributed by atoms with E-state index in [1.54, 1.807) is 11.3 Å². The van der Waals surface area contributed by atoms with Crippen LogP contribution in [0.25, 0.3) is 0 Å². The molecule has 1 atom stereocenters. The van der Waals surface area contributed by atoms with Gasteiger partial charge in [0.25, 0.3) is 0 Å². The van der Waals surface area contributed by atoms with Crippen molar-refractivity contribution in [2.24, 2.45) is 10.9 Å². The topological polar surface area (TPSA) is 24.4 Å². The van der Waals surface area contributed by atoms with Gasteiger partial charge in [0.05, 0.1) is 6.54 Å². The van der Waals surface area contributed by atoms with E-state index in [0.717, 1.165) is 17.6 Å². The van der Waals surface area contributed by atoms with E-state index in [1.807, 2.05) is 11.8 Å². The monoisotopic (exact) mass is 254 g/mol. The molecule has 1 unspecified atom stereocenters. The van der Waals surface area contributed by atoms with Gasteiger partial charge < -0.3 is 5.32 Å². The number of rotatable bonds is 4. The number of nitrogens with zero attached hydrogens (tertiary/aromatic N) is 1. The average Bonchev–Trinajstić information content (AvgIpc) is 2.84. The van der Waals surface area contributed by atoms with Gasteiger partial charge in [-0.25, -0.2) is 0 Å². The largest absolute Gasteiger partial charge is 0.361 e. The first kappa shape index (κ1) is 12.0. The second-order valence-corrected chi connectivity index (χ2v) is 6.32. The Balaban J connectivity index is 1.81. The minimum atomic E-state index is 0.617. The molecule has 4 heteroatoms. The lowest BCUT2D eigenvalue weighted by molar-refractivity contribution is 0.502. The normalized spacial score (nSPS) is 22.9. The van der Waals surface area contributed by atoms with E-state index in [1.165, 1.54) is 17.7 Å². The quantitative estimate of drug-likeness (QED) is 0.891. The molecule has 2 heterocycles. The summed E-state index contributed by atoms with van der Waals surface area (Å²) in [5.41, 5.74) is 1.31. The van der Waals surface area contributed by atoms with Gasteiger partial charge in [-0.1, -0.05) is 25.6 Å². The highest BCUT2D eigenvalue weighted by Crippen LogP contribution is 2.19. The van der Waals surface area contributed by atoms with E-state index >= 15 is 0 Å². The maximum absolute atomic E-state index is 4.60. The van der Waals surface area contributed by atoms with Crippen molar-refractivity contribution in [3.8, 4) is 0 Å². The van der Waals surface area contributed by atoms with Crippen LogP contribution in [0, 0.1) is 5.92 Å². The summed E-state index contributed by atoms with van der Waals surface area (Å²) in [6.45, 7) is 5.35. The third-order valence-corrected chi connectivity index (χ3v) is 4.31. The van der Waals surface area contributed by atoms with Crippen LogP contribution in [0.1, 0.15) is 25.8 Å². The van der Waals surface area contributed by atoms with Crippen LogP contribution in [0.4, 0.5) is 0 Å². The third-order valence-electron chi connectivity index (χ3n) is 2.49. The van der Waals surface area contributed by atoms with Gasteiger partial charge in [-0.15, -0.1) is 0 Å². The van der Waals surface area contributed by atoms with Gasteiger partial charge in [0, 0.05) is 11.8 Å². The van der Waals surface area contributed by atoms with Crippen LogP contribution in [0.2, 0.25) is 0 Å². The van der Waals surface area contributed by atoms with Crippen LogP contribution in [0.15, 0.2) is 21.8 Å². The smallest absolute Gasteiger partial charge is 0.157 e. The minimum Gasteiger partial charge on any atom is -0.361 e. The molecule has 2 nitrogen and oxygen atoms in total. The fourth-order valence-corrected chi connectivity index (χ4v) is 3.41. The van der Waals surface area contributed by atoms with Crippen molar-refractivity contribution >= 4 is 28.3 Å². The summed E-state index contributed by atoms with van der Waals surface area (Å²) in [7, 11) is 0. The van der Waals surface area contributed by atoms with Gasteiger partial charge in [0.2, 0.25) is 0 Å². The molecule has 16 heavy (non-hydrogen) atoms. The molecular weight excluding hydrogens is 236 g/mol. The molecular formula is C12H18N2S2. The zero-order valence-corrected chi connectivity index (χ0v) is 11.4. The Morgan fingerprint density at radius 3 is 3.12 bits per heavy atom. The number of thioether (sulfide) groups is 1. The highest BCUT2D eigenvalue weighted by molar-refractivity contribution is 8.14. The number of hydrogen-bond acceptors (Lipinski definition) is 3. The Kier molecular flexibility index (Phi) is 4.29. The fraction of sp³-hybridized carbons (Fsp3) is 0.583. The van der Waals surface area contributed by atoms with Crippen LogP contribution in [0.5, 0.6) is 0 Å². The maximum atomic E-state index is 4.60. The first-order chi connectivity index (χ1) is 7.74. The molecule has 1 N–H and O–H groups in total. The van der Waals surface area contributed by atoms with Crippen molar-refractivity contribution in [1.29, 1.82) is 0 Å². The van der Waals surface area contributed by atoms with Crippen molar-refractivity contribution in [3.05, 3.63) is 22.4 Å². The molecule has 1 aliphatic rings. The Labute approximate surface area is 106 Å². The van der Waals surface area contributed by atoms with Gasteiger partial charge in [-0.05, 0) is 34.7 Å². The highest BCUT2D eigenvalue weighted by Gasteiger charge is 2.20. The summed E-state index contributed by atoms with van der Waals surface area (Å²) in [6.07, 6.45) is 1.24. The lowest BCUT2D eigenvalue weighted by Gasteiger charge is -2.11. The average molecular weight is 254 g/mol. The van der Waals surface area contributed by atoms with Crippen molar-refractivity contribution in [3.63, 3.8) is 0 Å². The van der Waals surface area contributed by atoms with Gasteiger partial charge in [-0.3, -0.25) is 4.99 Å². The summed E-state index contributed by atoms with van der Waals surface area (Å²) in [5.74, 6) is 1.93. The predicted molar refractivity (Wildman–Crippen MR) is 74.3 cm³/mol. The fourth-order valence-electron chi connectivity index (χ4n) is 1.77. The van der Waals surface area contributed by atoms with E-state index in [2.05, 4.69) is 41.0 Å². The summed E-state index contributed by atoms with van der Waals surface area (Å²) in [5, 5.41) is 8.89. The van der Waals surface area contributed by atoms with E-state index < -0.39 is 0 Å². The molecule has 0 bridgehead atoms. The second kappa shape index (κ2) is 5.73. The maximum Gasteiger partial charge on any atom is 0.157 e. The molecule has 1 aliphatic heterocycles. The van der Waals surface area contributed by atoms with E-state index in [4.69, 9.17) is 0 Å². The summed E-state index contributed by atoms with van der Waals surface area (Å²) in [4.78, 5) is 4.60. The van der Waals surface area contributed by atoms with Gasteiger partial charge in [0.15, 0.2) is 5.17 Å². The van der Waals surface area contributed by atoms with Crippen LogP contribution < -0.4 is 5.32 Å². The lowest BCUT2D eigenvalue weighted by Crippen LogP contribution is -2.28. The van der Waals surface area contributed by atoms with Crippen LogP contribution in [-0.4, -0.2) is 17.0 Å². The lowest BCUT2D eigenvalue weighted by atomic mass is 10.1. The third kappa shape index (κ3) is 3.52. The zero-order valence-electron chi connectivity index (χ0n) is 9.77. The minimum absolute atomic E-state index is 0.617. The van der Waals surface area contributed by atoms with Crippen molar-refractivity contribution in [1.82, 2.24) is 5.32 Å². The van der Waals surface area contributed by atoms with E-state index in [9.17, 15) is 0 Å². The molecule has 1 aromatic heterocycles. The standard InChI is InChI=1S/C12H18N2S2/c1-9(2)5-11-8-16-12(14-11)13-6-10-3-4-15-7-10/h3-4,7,9,11H,5-6,8H2,1-2H3,(H,13,14). The molecule has 0 spiro atoms. The number of aliphatic imine (C=N–C) groups is 1. The Morgan fingerprint density at radius 1 is 1.56 bits per heavy atom. The van der Waals surface area contributed by atoms with Crippen molar-refractivity contribution in [2.45, 2.75) is 32.9 Å². The molecule has 0 radical (unpaired) electrons. The highest BCUT2D eigenvalue weighted by atomic mass is 32.2. The first-order valence-electron chi connectivity index (χ1n) is 5.69. The first-order valence-corrected chi connectivity index (χ1v) is 7.61. The second-order valence-electron chi connectivity index (χ2n) is 4.53. The Bertz CT molecular complexity index is 344. The van der Waals surface area contributed by atoms with Gasteiger partial charge in [-0.2, -0.15) is 11.3 Å². The summed E-state index contributed by atoms with van der Waals surface area (Å²) < 4.78 is 0. The number of hydrogen-bond donors (Lipinski definition) is 1. The molecule has 0 aliphatic carbocycles. The molecule has 0 aromatic carbocycles. The predicted octanol–water partition coefficient (Wildman–Crippen LogP) is 3.36. The molecule has 1 saturated heterocycles. The van der Waals surface area contributed by atoms with Crippen LogP contribution in [-0.2, 0) is 6.54 Å². The number of thiophene rings is 1. The van der Waals surface area contributed by atoms with Gasteiger partial charge in [0.1, 0.15) is 0 Å². The van der Waals surface area contributed by atoms with Crippen LogP contribution >= 0.6 is 23.1 Å². The Hall–Kier alpha value is -0.480. The molecule has 1 fully saturated rings. The molecule has 0 saturated carbocycles. The molecule has 88 valence electrons. The Morgan fingerprint density at radius 2 is 2.44 bits per heavy atom. The summed E-state index contributed by atoms with van der Waals surface area (Å²) in [6, 6.07) is 2.76. The van der Waals surface area contributed by atoms with Gasteiger partial charge >= 0.3 is 0 Å². The SMILES string of the molecule is CC(C)CC1CSC(=NCc2ccsc2)N1. The van der Waals surface area contributed by atoms with Crippen molar-refractivity contribution < 1.29 is 0 Å². The molecule has 1 aromatic rings. The summed E-state index contributed by atoms with van der Waals surface area (Å²) >= 11 is 3.59.